The minimum atomic E-state index is -4.13. The Kier molecular flexibility index (Phi) is 4.93. The Balaban J connectivity index is 1.98. The number of hydrogen-bond donors (Lipinski definition) is 1. The van der Waals surface area contributed by atoms with Crippen LogP contribution in [0.5, 0.6) is 0 Å². The topological polar surface area (TPSA) is 91.8 Å². The number of carbonyl (C=O) groups is 2. The van der Waals surface area contributed by atoms with Crippen LogP contribution in [0, 0.1) is 9.39 Å². The lowest BCUT2D eigenvalue weighted by molar-refractivity contribution is -0.143. The number of carboxylic acid groups (broad SMARTS) is 1. The monoisotopic (exact) mass is 529 g/mol. The molecule has 4 rings (SSSR count). The highest BCUT2D eigenvalue weighted by Crippen LogP contribution is 2.53. The van der Waals surface area contributed by atoms with Gasteiger partial charge in [-0.1, -0.05) is 6.07 Å². The van der Waals surface area contributed by atoms with Gasteiger partial charge in [0.15, 0.2) is 9.84 Å². The third kappa shape index (κ3) is 3.05. The minimum absolute atomic E-state index is 0.0831. The average molecular weight is 529 g/mol. The summed E-state index contributed by atoms with van der Waals surface area (Å²) in [7, 11) is -4.13. The Labute approximate surface area is 180 Å². The van der Waals surface area contributed by atoms with Crippen LogP contribution >= 0.6 is 22.6 Å². The lowest BCUT2D eigenvalue weighted by Gasteiger charge is -2.41. The van der Waals surface area contributed by atoms with E-state index in [1.807, 2.05) is 6.07 Å². The molecule has 152 valence electrons. The molecule has 2 unspecified atom stereocenters. The molecule has 2 aliphatic rings. The van der Waals surface area contributed by atoms with E-state index in [0.29, 0.717) is 18.4 Å². The number of carboxylic acids is 1. The number of aryl methyl sites for hydroxylation is 1. The summed E-state index contributed by atoms with van der Waals surface area (Å²) < 4.78 is 40.5. The van der Waals surface area contributed by atoms with Gasteiger partial charge in [-0.15, -0.1) is 0 Å². The first-order chi connectivity index (χ1) is 13.7. The fraction of sp³-hybridized carbons (Fsp3) is 0.300. The van der Waals surface area contributed by atoms with E-state index >= 15 is 0 Å². The van der Waals surface area contributed by atoms with Crippen LogP contribution in [0.2, 0.25) is 0 Å². The number of hydrogen-bond acceptors (Lipinski definition) is 4. The number of halogens is 2. The van der Waals surface area contributed by atoms with Crippen LogP contribution in [0.3, 0.4) is 0 Å². The maximum absolute atomic E-state index is 13.9. The fourth-order valence-corrected chi connectivity index (χ4v) is 7.47. The number of carbonyl (C=O) groups excluding carboxylic acids is 1. The second kappa shape index (κ2) is 7.05. The molecule has 0 radical (unpaired) electrons. The Hall–Kier alpha value is -2.01. The summed E-state index contributed by atoms with van der Waals surface area (Å²) in [6, 6.07) is 9.15. The highest BCUT2D eigenvalue weighted by Gasteiger charge is 2.63. The van der Waals surface area contributed by atoms with Crippen molar-refractivity contribution in [1.82, 2.24) is 4.90 Å². The van der Waals surface area contributed by atoms with Gasteiger partial charge in [-0.25, -0.2) is 12.8 Å². The quantitative estimate of drug-likeness (QED) is 0.486. The van der Waals surface area contributed by atoms with Gasteiger partial charge in [-0.2, -0.15) is 0 Å². The van der Waals surface area contributed by atoms with Crippen LogP contribution in [-0.4, -0.2) is 42.9 Å². The summed E-state index contributed by atoms with van der Waals surface area (Å²) in [6.45, 7) is -0.552. The van der Waals surface area contributed by atoms with Gasteiger partial charge >= 0.3 is 5.97 Å². The van der Waals surface area contributed by atoms with E-state index in [2.05, 4.69) is 22.6 Å². The number of likely N-dealkylation sites (tertiary alicyclic amines) is 1. The Morgan fingerprint density at radius 3 is 2.59 bits per heavy atom. The molecular weight excluding hydrogens is 512 g/mol. The number of nitrogens with zero attached hydrogens (tertiary/aromatic N) is 1. The van der Waals surface area contributed by atoms with Crippen LogP contribution in [0.25, 0.3) is 0 Å². The van der Waals surface area contributed by atoms with E-state index in [-0.39, 0.29) is 11.3 Å². The highest BCUT2D eigenvalue weighted by atomic mass is 127. The summed E-state index contributed by atoms with van der Waals surface area (Å²) >= 11 is 2.14. The van der Waals surface area contributed by atoms with Crippen molar-refractivity contribution in [2.75, 3.05) is 6.54 Å². The maximum atomic E-state index is 13.9. The summed E-state index contributed by atoms with van der Waals surface area (Å²) in [4.78, 5) is 25.3. The number of sulfone groups is 1. The van der Waals surface area contributed by atoms with Crippen molar-refractivity contribution in [2.24, 2.45) is 0 Å². The summed E-state index contributed by atoms with van der Waals surface area (Å²) in [6.07, 6.45) is 0.547. The van der Waals surface area contributed by atoms with Crippen molar-refractivity contribution < 1.29 is 27.5 Å². The molecule has 1 heterocycles. The summed E-state index contributed by atoms with van der Waals surface area (Å²) in [5.74, 6) is -2.26. The first kappa shape index (κ1) is 20.3. The second-order valence-electron chi connectivity index (χ2n) is 7.29. The van der Waals surface area contributed by atoms with Crippen molar-refractivity contribution in [3.63, 3.8) is 0 Å². The van der Waals surface area contributed by atoms with Gasteiger partial charge in [-0.05, 0) is 83.0 Å². The summed E-state index contributed by atoms with van der Waals surface area (Å²) in [5.41, 5.74) is 1.36. The van der Waals surface area contributed by atoms with Crippen molar-refractivity contribution in [3.8, 4) is 0 Å². The highest BCUT2D eigenvalue weighted by molar-refractivity contribution is 14.1. The zero-order valence-corrected chi connectivity index (χ0v) is 18.1. The van der Waals surface area contributed by atoms with Gasteiger partial charge in [0.1, 0.15) is 17.1 Å². The van der Waals surface area contributed by atoms with E-state index in [9.17, 15) is 27.5 Å². The van der Waals surface area contributed by atoms with Gasteiger partial charge in [-0.3, -0.25) is 9.59 Å². The summed E-state index contributed by atoms with van der Waals surface area (Å²) in [5, 5.41) is 9.26. The molecule has 2 aromatic carbocycles. The molecular formula is C20H17FINO5S. The first-order valence-electron chi connectivity index (χ1n) is 8.97. The van der Waals surface area contributed by atoms with Gasteiger partial charge in [0.2, 0.25) is 5.91 Å². The Bertz CT molecular complexity index is 1120. The molecule has 1 fully saturated rings. The zero-order chi connectivity index (χ0) is 21.0. The third-order valence-corrected chi connectivity index (χ3v) is 8.93. The van der Waals surface area contributed by atoms with E-state index in [1.54, 1.807) is 12.1 Å². The predicted molar refractivity (Wildman–Crippen MR) is 110 cm³/mol. The molecule has 9 heteroatoms. The van der Waals surface area contributed by atoms with Crippen LogP contribution in [0.1, 0.15) is 24.0 Å². The van der Waals surface area contributed by atoms with Crippen molar-refractivity contribution >= 4 is 44.3 Å². The number of benzene rings is 2. The fourth-order valence-electron chi connectivity index (χ4n) is 4.59. The third-order valence-electron chi connectivity index (χ3n) is 5.77. The molecule has 29 heavy (non-hydrogen) atoms. The zero-order valence-electron chi connectivity index (χ0n) is 15.1. The number of amides is 1. The molecule has 0 aromatic heterocycles. The Morgan fingerprint density at radius 2 is 1.93 bits per heavy atom. The van der Waals surface area contributed by atoms with Gasteiger partial charge in [0.25, 0.3) is 0 Å². The smallest absolute Gasteiger partial charge is 0.323 e. The molecule has 1 N–H and O–H groups in total. The lowest BCUT2D eigenvalue weighted by atomic mass is 9.78. The van der Waals surface area contributed by atoms with E-state index < -0.39 is 44.9 Å². The molecule has 1 amide bonds. The molecule has 6 nitrogen and oxygen atoms in total. The molecule has 2 aromatic rings. The number of fused-ring (bicyclic) bond motifs is 3. The van der Waals surface area contributed by atoms with Crippen LogP contribution in [0.4, 0.5) is 4.39 Å². The molecule has 1 aliphatic heterocycles. The van der Waals surface area contributed by atoms with Crippen LogP contribution in [-0.2, 0) is 30.6 Å². The van der Waals surface area contributed by atoms with Crippen LogP contribution < -0.4 is 0 Å². The van der Waals surface area contributed by atoms with Gasteiger partial charge in [0, 0.05) is 3.57 Å². The van der Waals surface area contributed by atoms with Crippen molar-refractivity contribution in [2.45, 2.75) is 34.9 Å². The van der Waals surface area contributed by atoms with Gasteiger partial charge in [0.05, 0.1) is 17.4 Å². The van der Waals surface area contributed by atoms with Gasteiger partial charge < -0.3 is 10.0 Å². The van der Waals surface area contributed by atoms with E-state index in [0.717, 1.165) is 21.3 Å². The van der Waals surface area contributed by atoms with Crippen molar-refractivity contribution in [1.29, 1.82) is 0 Å². The minimum Gasteiger partial charge on any atom is -0.480 e. The number of aliphatic carboxylic acids is 1. The number of rotatable bonds is 4. The van der Waals surface area contributed by atoms with Crippen LogP contribution in [0.15, 0.2) is 47.4 Å². The van der Waals surface area contributed by atoms with Crippen molar-refractivity contribution in [3.05, 3.63) is 63.0 Å². The molecule has 1 aliphatic carbocycles. The standard InChI is InChI=1S/C20H17FINO5S/c21-13-2-5-15(6-3-13)29(27,28)20-10-18(24)23(11-19(25)26)17(20)8-1-12-9-14(22)4-7-16(12)20/h2-7,9,17H,1,8,10-11H2,(H,25,26). The SMILES string of the molecule is O=C(O)CN1C(=O)CC2(S(=O)(=O)c3ccc(F)cc3)c3ccc(I)cc3CCC12. The lowest BCUT2D eigenvalue weighted by Crippen LogP contribution is -2.51. The average Bonchev–Trinajstić information content (AvgIpc) is 2.94. The Morgan fingerprint density at radius 1 is 1.24 bits per heavy atom. The molecule has 1 saturated heterocycles. The molecule has 0 bridgehead atoms. The van der Waals surface area contributed by atoms with E-state index in [4.69, 9.17) is 0 Å². The van der Waals surface area contributed by atoms with E-state index in [1.165, 1.54) is 17.0 Å². The second-order valence-corrected chi connectivity index (χ2v) is 10.7. The first-order valence-corrected chi connectivity index (χ1v) is 11.5. The molecule has 2 atom stereocenters. The predicted octanol–water partition coefficient (Wildman–Crippen LogP) is 2.73. The molecule has 0 saturated carbocycles. The maximum Gasteiger partial charge on any atom is 0.323 e. The normalized spacial score (nSPS) is 23.6. The molecule has 0 spiro atoms. The largest absolute Gasteiger partial charge is 0.480 e.